The van der Waals surface area contributed by atoms with E-state index in [1.807, 2.05) is 0 Å². The lowest BCUT2D eigenvalue weighted by molar-refractivity contribution is 0.00691. The summed E-state index contributed by atoms with van der Waals surface area (Å²) in [6.45, 7) is 5.37. The van der Waals surface area contributed by atoms with Crippen molar-refractivity contribution in [3.8, 4) is 0 Å². The second-order valence-corrected chi connectivity index (χ2v) is 7.47. The minimum atomic E-state index is -0.601. The monoisotopic (exact) mass is 391 g/mol. The van der Waals surface area contributed by atoms with Crippen LogP contribution in [-0.2, 0) is 9.47 Å². The first-order chi connectivity index (χ1) is 13.7. The molecule has 3 rings (SSSR count). The lowest BCUT2D eigenvalue weighted by Gasteiger charge is -2.19. The number of esters is 2. The average Bonchev–Trinajstić information content (AvgIpc) is 2.70. The number of hydrogen-bond acceptors (Lipinski definition) is 6. The van der Waals surface area contributed by atoms with E-state index in [9.17, 15) is 14.4 Å². The van der Waals surface area contributed by atoms with E-state index in [4.69, 9.17) is 9.47 Å². The fourth-order valence-corrected chi connectivity index (χ4v) is 2.88. The molecule has 0 aliphatic rings. The first-order valence-corrected chi connectivity index (χ1v) is 9.05. The number of benzene rings is 2. The predicted molar refractivity (Wildman–Crippen MR) is 108 cm³/mol. The Morgan fingerprint density at radius 2 is 1.41 bits per heavy atom. The number of fused-ring (bicyclic) bond motifs is 1. The number of carbonyl (C=O) groups is 3. The van der Waals surface area contributed by atoms with Crippen molar-refractivity contribution >= 4 is 28.5 Å². The standard InChI is InChI=1S/C23H21NO5/c1-23(2,3)29-21(26)15-11-9-14(10-12-15)20(25)19-17-8-6-5-7-16(17)18(13-24-19)22(27)28-4/h5-13H,1-4H3. The maximum atomic E-state index is 13.0. The molecule has 148 valence electrons. The molecule has 6 nitrogen and oxygen atoms in total. The van der Waals surface area contributed by atoms with Crippen LogP contribution in [-0.4, -0.2) is 35.4 Å². The fraction of sp³-hybridized carbons (Fsp3) is 0.217. The van der Waals surface area contributed by atoms with Gasteiger partial charge >= 0.3 is 11.9 Å². The van der Waals surface area contributed by atoms with Crippen molar-refractivity contribution in [1.29, 1.82) is 0 Å². The number of aromatic nitrogens is 1. The molecule has 0 amide bonds. The van der Waals surface area contributed by atoms with Crippen LogP contribution in [0.15, 0.2) is 54.7 Å². The molecule has 0 bridgehead atoms. The molecule has 2 aromatic carbocycles. The molecule has 1 aromatic heterocycles. The Morgan fingerprint density at radius 1 is 0.828 bits per heavy atom. The normalized spacial score (nSPS) is 11.2. The summed E-state index contributed by atoms with van der Waals surface area (Å²) in [6, 6.07) is 13.2. The molecule has 6 heteroatoms. The molecule has 0 aliphatic heterocycles. The highest BCUT2D eigenvalue weighted by atomic mass is 16.6. The molecular weight excluding hydrogens is 370 g/mol. The van der Waals surface area contributed by atoms with Crippen LogP contribution in [0.2, 0.25) is 0 Å². The summed E-state index contributed by atoms with van der Waals surface area (Å²) in [5.74, 6) is -1.29. The third kappa shape index (κ3) is 4.32. The molecule has 0 aliphatic carbocycles. The van der Waals surface area contributed by atoms with Gasteiger partial charge in [-0.15, -0.1) is 0 Å². The summed E-state index contributed by atoms with van der Waals surface area (Å²) in [4.78, 5) is 41.4. The maximum Gasteiger partial charge on any atom is 0.340 e. The van der Waals surface area contributed by atoms with E-state index < -0.39 is 17.5 Å². The van der Waals surface area contributed by atoms with Crippen LogP contribution in [0.4, 0.5) is 0 Å². The Labute approximate surface area is 168 Å². The molecule has 0 N–H and O–H groups in total. The SMILES string of the molecule is COC(=O)c1cnc(C(=O)c2ccc(C(=O)OC(C)(C)C)cc2)c2ccccc12. The Kier molecular flexibility index (Phi) is 5.46. The number of rotatable bonds is 4. The third-order valence-corrected chi connectivity index (χ3v) is 4.20. The van der Waals surface area contributed by atoms with E-state index in [-0.39, 0.29) is 11.5 Å². The van der Waals surface area contributed by atoms with Gasteiger partial charge in [-0.3, -0.25) is 9.78 Å². The van der Waals surface area contributed by atoms with Crippen molar-refractivity contribution in [2.24, 2.45) is 0 Å². The first-order valence-electron chi connectivity index (χ1n) is 9.05. The lowest BCUT2D eigenvalue weighted by Crippen LogP contribution is -2.23. The average molecular weight is 391 g/mol. The van der Waals surface area contributed by atoms with Crippen molar-refractivity contribution in [3.63, 3.8) is 0 Å². The van der Waals surface area contributed by atoms with Crippen molar-refractivity contribution in [3.05, 3.63) is 77.1 Å². The maximum absolute atomic E-state index is 13.0. The van der Waals surface area contributed by atoms with Gasteiger partial charge in [0.25, 0.3) is 0 Å². The predicted octanol–water partition coefficient (Wildman–Crippen LogP) is 4.21. The number of ketones is 1. The zero-order chi connectivity index (χ0) is 21.2. The van der Waals surface area contributed by atoms with E-state index in [2.05, 4.69) is 4.98 Å². The van der Waals surface area contributed by atoms with E-state index in [1.165, 1.54) is 13.3 Å². The second kappa shape index (κ2) is 7.83. The van der Waals surface area contributed by atoms with Gasteiger partial charge in [-0.25, -0.2) is 9.59 Å². The van der Waals surface area contributed by atoms with Crippen molar-refractivity contribution in [2.45, 2.75) is 26.4 Å². The minimum absolute atomic E-state index is 0.221. The molecule has 0 unspecified atom stereocenters. The van der Waals surface area contributed by atoms with Crippen molar-refractivity contribution in [1.82, 2.24) is 4.98 Å². The van der Waals surface area contributed by atoms with Crippen molar-refractivity contribution in [2.75, 3.05) is 7.11 Å². The molecule has 1 heterocycles. The van der Waals surface area contributed by atoms with Gasteiger partial charge < -0.3 is 9.47 Å². The highest BCUT2D eigenvalue weighted by Gasteiger charge is 2.21. The van der Waals surface area contributed by atoms with Gasteiger partial charge in [0.1, 0.15) is 11.3 Å². The van der Waals surface area contributed by atoms with Crippen molar-refractivity contribution < 1.29 is 23.9 Å². The summed E-state index contributed by atoms with van der Waals surface area (Å²) in [6.07, 6.45) is 1.34. The quantitative estimate of drug-likeness (QED) is 0.489. The van der Waals surface area contributed by atoms with Crippen LogP contribution in [0.5, 0.6) is 0 Å². The van der Waals surface area contributed by atoms with E-state index >= 15 is 0 Å². The molecule has 3 aromatic rings. The molecule has 29 heavy (non-hydrogen) atoms. The molecular formula is C23H21NO5. The van der Waals surface area contributed by atoms with Crippen LogP contribution < -0.4 is 0 Å². The van der Waals surface area contributed by atoms with Crippen LogP contribution in [0.1, 0.15) is 57.5 Å². The smallest absolute Gasteiger partial charge is 0.340 e. The largest absolute Gasteiger partial charge is 0.465 e. The van der Waals surface area contributed by atoms with Crippen LogP contribution >= 0.6 is 0 Å². The Balaban J connectivity index is 1.96. The zero-order valence-corrected chi connectivity index (χ0v) is 16.7. The Hall–Kier alpha value is -3.54. The summed E-state index contributed by atoms with van der Waals surface area (Å²) in [5.41, 5.74) is 0.643. The molecule has 0 saturated carbocycles. The minimum Gasteiger partial charge on any atom is -0.465 e. The highest BCUT2D eigenvalue weighted by molar-refractivity contribution is 6.17. The second-order valence-electron chi connectivity index (χ2n) is 7.47. The zero-order valence-electron chi connectivity index (χ0n) is 16.7. The Morgan fingerprint density at radius 3 is 2.00 bits per heavy atom. The number of nitrogens with zero attached hydrogens (tertiary/aromatic N) is 1. The van der Waals surface area contributed by atoms with Crippen LogP contribution in [0.25, 0.3) is 10.8 Å². The molecule has 0 spiro atoms. The Bertz CT molecular complexity index is 1090. The number of pyridine rings is 1. The molecule has 0 radical (unpaired) electrons. The summed E-state index contributed by atoms with van der Waals surface area (Å²) in [7, 11) is 1.29. The summed E-state index contributed by atoms with van der Waals surface area (Å²) < 4.78 is 10.1. The first kappa shape index (κ1) is 20.2. The van der Waals surface area contributed by atoms with E-state index in [1.54, 1.807) is 69.3 Å². The van der Waals surface area contributed by atoms with Gasteiger partial charge in [0, 0.05) is 22.5 Å². The highest BCUT2D eigenvalue weighted by Crippen LogP contribution is 2.24. The molecule has 0 fully saturated rings. The summed E-state index contributed by atoms with van der Waals surface area (Å²) >= 11 is 0. The van der Waals surface area contributed by atoms with Crippen LogP contribution in [0, 0.1) is 0 Å². The van der Waals surface area contributed by atoms with Gasteiger partial charge in [0.2, 0.25) is 5.78 Å². The topological polar surface area (TPSA) is 82.6 Å². The number of methoxy groups -OCH3 is 1. The number of hydrogen-bond donors (Lipinski definition) is 0. The van der Waals surface area contributed by atoms with Gasteiger partial charge in [-0.05, 0) is 32.9 Å². The summed E-state index contributed by atoms with van der Waals surface area (Å²) in [5, 5.41) is 1.14. The number of carbonyl (C=O) groups excluding carboxylic acids is 3. The van der Waals surface area contributed by atoms with E-state index in [0.717, 1.165) is 0 Å². The van der Waals surface area contributed by atoms with Gasteiger partial charge in [-0.1, -0.05) is 36.4 Å². The lowest BCUT2D eigenvalue weighted by atomic mass is 9.99. The van der Waals surface area contributed by atoms with Gasteiger partial charge in [0.15, 0.2) is 0 Å². The van der Waals surface area contributed by atoms with Gasteiger partial charge in [0.05, 0.1) is 18.2 Å². The van der Waals surface area contributed by atoms with E-state index in [0.29, 0.717) is 27.5 Å². The van der Waals surface area contributed by atoms with Gasteiger partial charge in [-0.2, -0.15) is 0 Å². The molecule has 0 saturated heterocycles. The third-order valence-electron chi connectivity index (χ3n) is 4.20. The molecule has 0 atom stereocenters. The fourth-order valence-electron chi connectivity index (χ4n) is 2.88. The van der Waals surface area contributed by atoms with Crippen LogP contribution in [0.3, 0.4) is 0 Å². The number of ether oxygens (including phenoxy) is 2.